The second-order valence-corrected chi connectivity index (χ2v) is 4.33. The van der Waals surface area contributed by atoms with Crippen LogP contribution in [0.3, 0.4) is 0 Å². The summed E-state index contributed by atoms with van der Waals surface area (Å²) in [6.07, 6.45) is 1.64. The van der Waals surface area contributed by atoms with Crippen molar-refractivity contribution in [1.82, 2.24) is 10.3 Å². The summed E-state index contributed by atoms with van der Waals surface area (Å²) in [6.45, 7) is 3.53. The van der Waals surface area contributed by atoms with E-state index in [2.05, 4.69) is 10.3 Å². The first-order valence-corrected chi connectivity index (χ1v) is 6.36. The van der Waals surface area contributed by atoms with Crippen LogP contribution in [0.5, 0.6) is 11.6 Å². The monoisotopic (exact) mass is 280 g/mol. The van der Waals surface area contributed by atoms with Crippen molar-refractivity contribution in [2.45, 2.75) is 13.5 Å². The molecule has 0 radical (unpaired) electrons. The van der Waals surface area contributed by atoms with Crippen LogP contribution in [0.2, 0.25) is 5.02 Å². The highest BCUT2D eigenvalue weighted by atomic mass is 35.5. The molecule has 0 fully saturated rings. The number of benzene rings is 1. The largest absolute Gasteiger partial charge is 0.437 e. The van der Waals surface area contributed by atoms with E-state index < -0.39 is 5.82 Å². The zero-order valence-electron chi connectivity index (χ0n) is 10.5. The number of halogens is 2. The van der Waals surface area contributed by atoms with Crippen molar-refractivity contribution >= 4 is 11.6 Å². The van der Waals surface area contributed by atoms with E-state index in [4.69, 9.17) is 16.3 Å². The molecule has 0 spiro atoms. The van der Waals surface area contributed by atoms with Crippen molar-refractivity contribution in [1.29, 1.82) is 0 Å². The number of pyridine rings is 1. The summed E-state index contributed by atoms with van der Waals surface area (Å²) >= 11 is 5.93. The second kappa shape index (κ2) is 6.50. The molecule has 1 aromatic heterocycles. The predicted octanol–water partition coefficient (Wildman–Crippen LogP) is 3.78. The lowest BCUT2D eigenvalue weighted by atomic mass is 10.2. The van der Waals surface area contributed by atoms with Gasteiger partial charge in [0.2, 0.25) is 5.88 Å². The van der Waals surface area contributed by atoms with Gasteiger partial charge >= 0.3 is 0 Å². The minimum atomic E-state index is -0.397. The molecule has 0 unspecified atom stereocenters. The standard InChI is InChI=1S/C14H14ClFN2O/c1-2-17-9-10-4-3-7-18-14(10)19-13-6-5-11(16)8-12(13)15/h3-8,17H,2,9H2,1H3. The van der Waals surface area contributed by atoms with Gasteiger partial charge in [-0.2, -0.15) is 0 Å². The molecule has 0 aliphatic carbocycles. The first kappa shape index (κ1) is 13.8. The summed E-state index contributed by atoms with van der Waals surface area (Å²) in [5.41, 5.74) is 0.921. The van der Waals surface area contributed by atoms with E-state index >= 15 is 0 Å². The van der Waals surface area contributed by atoms with Crippen molar-refractivity contribution < 1.29 is 9.13 Å². The zero-order valence-corrected chi connectivity index (χ0v) is 11.2. The molecule has 1 N–H and O–H groups in total. The average molecular weight is 281 g/mol. The van der Waals surface area contributed by atoms with Gasteiger partial charge < -0.3 is 10.1 Å². The molecule has 0 aliphatic heterocycles. The van der Waals surface area contributed by atoms with Crippen molar-refractivity contribution in [3.63, 3.8) is 0 Å². The first-order valence-electron chi connectivity index (χ1n) is 5.98. The molecule has 2 aromatic rings. The van der Waals surface area contributed by atoms with E-state index in [0.29, 0.717) is 18.2 Å². The van der Waals surface area contributed by atoms with Gasteiger partial charge in [-0.3, -0.25) is 0 Å². The Labute approximate surface area is 116 Å². The molecule has 100 valence electrons. The molecule has 5 heteroatoms. The van der Waals surface area contributed by atoms with Crippen LogP contribution in [-0.2, 0) is 6.54 Å². The summed E-state index contributed by atoms with van der Waals surface area (Å²) in [7, 11) is 0. The summed E-state index contributed by atoms with van der Waals surface area (Å²) in [5, 5.41) is 3.42. The number of nitrogens with one attached hydrogen (secondary N) is 1. The smallest absolute Gasteiger partial charge is 0.223 e. The summed E-state index contributed by atoms with van der Waals surface area (Å²) < 4.78 is 18.6. The molecule has 0 atom stereocenters. The van der Waals surface area contributed by atoms with E-state index in [1.54, 1.807) is 6.20 Å². The van der Waals surface area contributed by atoms with Gasteiger partial charge in [-0.1, -0.05) is 24.6 Å². The quantitative estimate of drug-likeness (QED) is 0.905. The fourth-order valence-electron chi connectivity index (χ4n) is 1.57. The minimum Gasteiger partial charge on any atom is -0.437 e. The number of aromatic nitrogens is 1. The van der Waals surface area contributed by atoms with Crippen molar-refractivity contribution in [2.24, 2.45) is 0 Å². The number of hydrogen-bond donors (Lipinski definition) is 1. The fourth-order valence-corrected chi connectivity index (χ4v) is 1.78. The fraction of sp³-hybridized carbons (Fsp3) is 0.214. The third kappa shape index (κ3) is 3.66. The Morgan fingerprint density at radius 3 is 2.95 bits per heavy atom. The van der Waals surface area contributed by atoms with Gasteiger partial charge in [0.25, 0.3) is 0 Å². The highest BCUT2D eigenvalue weighted by molar-refractivity contribution is 6.32. The van der Waals surface area contributed by atoms with Crippen LogP contribution in [-0.4, -0.2) is 11.5 Å². The molecular weight excluding hydrogens is 267 g/mol. The molecule has 0 saturated carbocycles. The summed E-state index contributed by atoms with van der Waals surface area (Å²) in [6, 6.07) is 7.76. The average Bonchev–Trinajstić information content (AvgIpc) is 2.41. The maximum atomic E-state index is 13.0. The van der Waals surface area contributed by atoms with E-state index in [-0.39, 0.29) is 5.02 Å². The molecular formula is C14H14ClFN2O. The maximum Gasteiger partial charge on any atom is 0.223 e. The zero-order chi connectivity index (χ0) is 13.7. The Bertz CT molecular complexity index is 563. The third-order valence-corrected chi connectivity index (χ3v) is 2.81. The van der Waals surface area contributed by atoms with Crippen LogP contribution in [0.15, 0.2) is 36.5 Å². The predicted molar refractivity (Wildman–Crippen MR) is 73.1 cm³/mol. The summed E-state index contributed by atoms with van der Waals surface area (Å²) in [4.78, 5) is 4.18. The van der Waals surface area contributed by atoms with E-state index in [1.165, 1.54) is 18.2 Å². The lowest BCUT2D eigenvalue weighted by Crippen LogP contribution is -2.12. The topological polar surface area (TPSA) is 34.2 Å². The lowest BCUT2D eigenvalue weighted by Gasteiger charge is -2.11. The van der Waals surface area contributed by atoms with Gasteiger partial charge in [0.05, 0.1) is 5.02 Å². The van der Waals surface area contributed by atoms with Crippen LogP contribution in [0, 0.1) is 5.82 Å². The molecule has 1 aromatic carbocycles. The molecule has 1 heterocycles. The van der Waals surface area contributed by atoms with Crippen LogP contribution < -0.4 is 10.1 Å². The van der Waals surface area contributed by atoms with Gasteiger partial charge in [-0.25, -0.2) is 9.37 Å². The van der Waals surface area contributed by atoms with Crippen molar-refractivity contribution in [3.05, 3.63) is 52.9 Å². The van der Waals surface area contributed by atoms with Crippen LogP contribution in [0.4, 0.5) is 4.39 Å². The highest BCUT2D eigenvalue weighted by Crippen LogP contribution is 2.30. The van der Waals surface area contributed by atoms with E-state index in [1.807, 2.05) is 19.1 Å². The summed E-state index contributed by atoms with van der Waals surface area (Å²) in [5.74, 6) is 0.461. The Kier molecular flexibility index (Phi) is 4.71. The maximum absolute atomic E-state index is 13.0. The van der Waals surface area contributed by atoms with E-state index in [0.717, 1.165) is 12.1 Å². The van der Waals surface area contributed by atoms with Crippen LogP contribution in [0.25, 0.3) is 0 Å². The van der Waals surface area contributed by atoms with Gasteiger partial charge in [0.1, 0.15) is 11.6 Å². The Hall–Kier alpha value is -1.65. The SMILES string of the molecule is CCNCc1cccnc1Oc1ccc(F)cc1Cl. The van der Waals surface area contributed by atoms with Gasteiger partial charge in [0, 0.05) is 18.3 Å². The second-order valence-electron chi connectivity index (χ2n) is 3.92. The van der Waals surface area contributed by atoms with Crippen molar-refractivity contribution in [2.75, 3.05) is 6.54 Å². The molecule has 0 bridgehead atoms. The van der Waals surface area contributed by atoms with Crippen molar-refractivity contribution in [3.8, 4) is 11.6 Å². The molecule has 0 aliphatic rings. The Morgan fingerprint density at radius 2 is 2.21 bits per heavy atom. The van der Waals surface area contributed by atoms with E-state index in [9.17, 15) is 4.39 Å². The highest BCUT2D eigenvalue weighted by Gasteiger charge is 2.09. The Balaban J connectivity index is 2.22. The number of nitrogens with zero attached hydrogens (tertiary/aromatic N) is 1. The van der Waals surface area contributed by atoms with Gasteiger partial charge in [0.15, 0.2) is 0 Å². The molecule has 0 amide bonds. The van der Waals surface area contributed by atoms with Crippen LogP contribution in [0.1, 0.15) is 12.5 Å². The minimum absolute atomic E-state index is 0.222. The van der Waals surface area contributed by atoms with Gasteiger partial charge in [-0.05, 0) is 30.8 Å². The molecule has 19 heavy (non-hydrogen) atoms. The van der Waals surface area contributed by atoms with Gasteiger partial charge in [-0.15, -0.1) is 0 Å². The molecule has 2 rings (SSSR count). The molecule has 0 saturated heterocycles. The normalized spacial score (nSPS) is 10.5. The lowest BCUT2D eigenvalue weighted by molar-refractivity contribution is 0.452. The Morgan fingerprint density at radius 1 is 1.37 bits per heavy atom. The number of ether oxygens (including phenoxy) is 1. The molecule has 3 nitrogen and oxygen atoms in total. The third-order valence-electron chi connectivity index (χ3n) is 2.52. The van der Waals surface area contributed by atoms with Crippen LogP contribution >= 0.6 is 11.6 Å². The first-order chi connectivity index (χ1) is 9.20. The number of hydrogen-bond acceptors (Lipinski definition) is 3. The number of rotatable bonds is 5.